The van der Waals surface area contributed by atoms with Crippen molar-refractivity contribution < 1.29 is 4.79 Å². The zero-order valence-electron chi connectivity index (χ0n) is 6.26. The summed E-state index contributed by atoms with van der Waals surface area (Å²) in [5.41, 5.74) is 0. The van der Waals surface area contributed by atoms with Gasteiger partial charge in [0.05, 0.1) is 5.00 Å². The average Bonchev–Trinajstić information content (AvgIpc) is 2.35. The van der Waals surface area contributed by atoms with Crippen molar-refractivity contribution >= 4 is 22.2 Å². The van der Waals surface area contributed by atoms with Crippen LogP contribution in [-0.2, 0) is 4.79 Å². The van der Waals surface area contributed by atoms with Crippen molar-refractivity contribution in [1.29, 1.82) is 0 Å². The minimum absolute atomic E-state index is 0.160. The van der Waals surface area contributed by atoms with Crippen LogP contribution in [0.4, 0.5) is 5.00 Å². The number of carbonyl (C=O) groups is 1. The third-order valence-corrected chi connectivity index (χ3v) is 2.09. The van der Waals surface area contributed by atoms with Crippen LogP contribution in [0.25, 0.3) is 0 Å². The molecule has 3 heteroatoms. The van der Waals surface area contributed by atoms with Gasteiger partial charge in [-0.15, -0.1) is 11.3 Å². The van der Waals surface area contributed by atoms with Crippen LogP contribution in [0.3, 0.4) is 0 Å². The average molecular weight is 167 g/mol. The third-order valence-electron chi connectivity index (χ3n) is 1.17. The first-order valence-corrected chi connectivity index (χ1v) is 4.04. The second-order valence-electron chi connectivity index (χ2n) is 2.10. The molecule has 1 N–H and O–H groups in total. The Kier molecular flexibility index (Phi) is 2.44. The van der Waals surface area contributed by atoms with E-state index < -0.39 is 0 Å². The van der Waals surface area contributed by atoms with E-state index in [1.807, 2.05) is 19.1 Å². The van der Waals surface area contributed by atoms with E-state index in [0.29, 0.717) is 0 Å². The number of amides is 1. The van der Waals surface area contributed by atoms with E-state index in [-0.39, 0.29) is 5.91 Å². The fourth-order valence-electron chi connectivity index (χ4n) is 0.674. The maximum atomic E-state index is 10.8. The molecule has 2 nitrogen and oxygen atoms in total. The Morgan fingerprint density at radius 3 is 2.91 bits per heavy atom. The van der Waals surface area contributed by atoms with Crippen LogP contribution in [-0.4, -0.2) is 5.91 Å². The molecule has 0 radical (unpaired) electrons. The number of anilines is 1. The summed E-state index contributed by atoms with van der Waals surface area (Å²) in [5, 5.41) is 3.54. The van der Waals surface area contributed by atoms with Gasteiger partial charge in [0.25, 0.3) is 0 Å². The summed E-state index contributed by atoms with van der Waals surface area (Å²) in [4.78, 5) is 12.0. The lowest BCUT2D eigenvalue weighted by atomic mass is 10.5. The van der Waals surface area contributed by atoms with Gasteiger partial charge in [-0.1, -0.05) is 6.58 Å². The quantitative estimate of drug-likeness (QED) is 0.672. The monoisotopic (exact) mass is 167 g/mol. The molecule has 1 aromatic rings. The molecule has 0 bridgehead atoms. The van der Waals surface area contributed by atoms with Gasteiger partial charge in [0.15, 0.2) is 0 Å². The molecule has 0 aromatic carbocycles. The largest absolute Gasteiger partial charge is 0.314 e. The van der Waals surface area contributed by atoms with Crippen LogP contribution in [0.5, 0.6) is 0 Å². The summed E-state index contributed by atoms with van der Waals surface area (Å²) in [6.45, 7) is 5.35. The Morgan fingerprint density at radius 2 is 2.45 bits per heavy atom. The van der Waals surface area contributed by atoms with Crippen LogP contribution >= 0.6 is 11.3 Å². The topological polar surface area (TPSA) is 29.1 Å². The minimum Gasteiger partial charge on any atom is -0.314 e. The standard InChI is InChI=1S/C8H9NOS/c1-3-7(10)9-8-5-4-6(2)11-8/h3-5H,1H2,2H3,(H,9,10). The van der Waals surface area contributed by atoms with Gasteiger partial charge in [0.1, 0.15) is 0 Å². The van der Waals surface area contributed by atoms with E-state index in [1.54, 1.807) is 11.3 Å². The lowest BCUT2D eigenvalue weighted by molar-refractivity contribution is -0.111. The zero-order chi connectivity index (χ0) is 8.27. The Morgan fingerprint density at radius 1 is 1.73 bits per heavy atom. The van der Waals surface area contributed by atoms with Gasteiger partial charge in [0.2, 0.25) is 5.91 Å². The van der Waals surface area contributed by atoms with E-state index in [2.05, 4.69) is 11.9 Å². The predicted octanol–water partition coefficient (Wildman–Crippen LogP) is 2.18. The molecular weight excluding hydrogens is 158 g/mol. The number of aryl methyl sites for hydroxylation is 1. The van der Waals surface area contributed by atoms with Gasteiger partial charge in [0, 0.05) is 4.88 Å². The lowest BCUT2D eigenvalue weighted by Crippen LogP contribution is -2.05. The van der Waals surface area contributed by atoms with E-state index in [0.717, 1.165) is 5.00 Å². The highest BCUT2D eigenvalue weighted by molar-refractivity contribution is 7.16. The number of hydrogen-bond acceptors (Lipinski definition) is 2. The fraction of sp³-hybridized carbons (Fsp3) is 0.125. The number of rotatable bonds is 2. The number of hydrogen-bond donors (Lipinski definition) is 1. The Hall–Kier alpha value is -1.09. The molecule has 0 aliphatic heterocycles. The lowest BCUT2D eigenvalue weighted by Gasteiger charge is -1.94. The van der Waals surface area contributed by atoms with Crippen molar-refractivity contribution in [1.82, 2.24) is 0 Å². The summed E-state index contributed by atoms with van der Waals surface area (Å²) >= 11 is 1.55. The molecule has 0 spiro atoms. The smallest absolute Gasteiger partial charge is 0.248 e. The summed E-state index contributed by atoms with van der Waals surface area (Å²) in [5.74, 6) is -0.160. The summed E-state index contributed by atoms with van der Waals surface area (Å²) in [6, 6.07) is 3.84. The summed E-state index contributed by atoms with van der Waals surface area (Å²) in [7, 11) is 0. The summed E-state index contributed by atoms with van der Waals surface area (Å²) in [6.07, 6.45) is 1.26. The SMILES string of the molecule is C=CC(=O)Nc1ccc(C)s1. The van der Waals surface area contributed by atoms with Crippen LogP contribution in [0.2, 0.25) is 0 Å². The van der Waals surface area contributed by atoms with Gasteiger partial charge >= 0.3 is 0 Å². The summed E-state index contributed by atoms with van der Waals surface area (Å²) < 4.78 is 0. The maximum absolute atomic E-state index is 10.8. The first kappa shape index (κ1) is 8.01. The highest BCUT2D eigenvalue weighted by Gasteiger charge is 1.97. The molecule has 0 fully saturated rings. The van der Waals surface area contributed by atoms with E-state index in [9.17, 15) is 4.79 Å². The maximum Gasteiger partial charge on any atom is 0.248 e. The first-order valence-electron chi connectivity index (χ1n) is 3.22. The molecule has 1 aromatic heterocycles. The van der Waals surface area contributed by atoms with Crippen LogP contribution in [0, 0.1) is 6.92 Å². The molecule has 11 heavy (non-hydrogen) atoms. The van der Waals surface area contributed by atoms with Crippen molar-refractivity contribution in [3.8, 4) is 0 Å². The Balaban J connectivity index is 2.64. The molecule has 0 saturated carbocycles. The molecule has 1 heterocycles. The normalized spacial score (nSPS) is 9.18. The van der Waals surface area contributed by atoms with Crippen molar-refractivity contribution in [3.05, 3.63) is 29.7 Å². The predicted molar refractivity (Wildman–Crippen MR) is 47.9 cm³/mol. The van der Waals surface area contributed by atoms with E-state index in [1.165, 1.54) is 11.0 Å². The van der Waals surface area contributed by atoms with Crippen molar-refractivity contribution in [2.45, 2.75) is 6.92 Å². The molecule has 0 atom stereocenters. The van der Waals surface area contributed by atoms with Gasteiger partial charge in [-0.05, 0) is 25.1 Å². The fourth-order valence-corrected chi connectivity index (χ4v) is 1.44. The van der Waals surface area contributed by atoms with Crippen molar-refractivity contribution in [2.75, 3.05) is 5.32 Å². The van der Waals surface area contributed by atoms with Crippen LogP contribution in [0.15, 0.2) is 24.8 Å². The first-order chi connectivity index (χ1) is 5.22. The van der Waals surface area contributed by atoms with Crippen LogP contribution < -0.4 is 5.32 Å². The van der Waals surface area contributed by atoms with Gasteiger partial charge in [-0.25, -0.2) is 0 Å². The molecule has 0 unspecified atom stereocenters. The van der Waals surface area contributed by atoms with Crippen molar-refractivity contribution in [2.24, 2.45) is 0 Å². The molecule has 0 aliphatic rings. The molecule has 0 aliphatic carbocycles. The third kappa shape index (κ3) is 2.20. The van der Waals surface area contributed by atoms with Gasteiger partial charge in [-0.3, -0.25) is 4.79 Å². The minimum atomic E-state index is -0.160. The van der Waals surface area contributed by atoms with E-state index in [4.69, 9.17) is 0 Å². The number of nitrogens with one attached hydrogen (secondary N) is 1. The molecular formula is C8H9NOS. The second kappa shape index (κ2) is 3.34. The molecule has 0 saturated heterocycles. The second-order valence-corrected chi connectivity index (χ2v) is 3.39. The van der Waals surface area contributed by atoms with Crippen molar-refractivity contribution in [3.63, 3.8) is 0 Å². The van der Waals surface area contributed by atoms with Gasteiger partial charge in [-0.2, -0.15) is 0 Å². The molecule has 1 amide bonds. The highest BCUT2D eigenvalue weighted by Crippen LogP contribution is 2.20. The molecule has 58 valence electrons. The zero-order valence-corrected chi connectivity index (χ0v) is 7.07. The number of carbonyl (C=O) groups excluding carboxylic acids is 1. The highest BCUT2D eigenvalue weighted by atomic mass is 32.1. The number of thiophene rings is 1. The van der Waals surface area contributed by atoms with E-state index >= 15 is 0 Å². The Labute approximate surface area is 69.6 Å². The Bertz CT molecular complexity index is 277. The van der Waals surface area contributed by atoms with Gasteiger partial charge < -0.3 is 5.32 Å². The van der Waals surface area contributed by atoms with Crippen LogP contribution in [0.1, 0.15) is 4.88 Å². The molecule has 1 rings (SSSR count).